The van der Waals surface area contributed by atoms with E-state index in [9.17, 15) is 0 Å². The monoisotopic (exact) mass is 200 g/mol. The van der Waals surface area contributed by atoms with E-state index in [1.165, 1.54) is 0 Å². The van der Waals surface area contributed by atoms with Gasteiger partial charge in [-0.05, 0) is 0 Å². The maximum absolute atomic E-state index is 5.04. The molecule has 0 bridgehead atoms. The lowest BCUT2D eigenvalue weighted by molar-refractivity contribution is 0.369. The van der Waals surface area contributed by atoms with Gasteiger partial charge in [-0.3, -0.25) is 0 Å². The lowest BCUT2D eigenvalue weighted by atomic mass is 10.2. The second-order valence-corrected chi connectivity index (χ2v) is 3.15. The number of fused-ring (bicyclic) bond motifs is 3. The first-order chi connectivity index (χ1) is 7.40. The van der Waals surface area contributed by atoms with Crippen LogP contribution in [0.5, 0.6) is 6.01 Å². The van der Waals surface area contributed by atoms with Crippen molar-refractivity contribution in [2.24, 2.45) is 0 Å². The number of nitrogens with zero attached hydrogens (tertiary/aromatic N) is 4. The zero-order valence-electron chi connectivity index (χ0n) is 8.08. The Hall–Kier alpha value is -2.17. The van der Waals surface area contributed by atoms with Gasteiger partial charge in [0.1, 0.15) is 0 Å². The van der Waals surface area contributed by atoms with Gasteiger partial charge in [0.25, 0.3) is 0 Å². The quantitative estimate of drug-likeness (QED) is 0.593. The maximum Gasteiger partial charge on any atom is 0.338 e. The van der Waals surface area contributed by atoms with Crippen LogP contribution in [0.3, 0.4) is 0 Å². The first kappa shape index (κ1) is 8.16. The van der Waals surface area contributed by atoms with Crippen LogP contribution in [0.25, 0.3) is 16.4 Å². The average molecular weight is 200 g/mol. The van der Waals surface area contributed by atoms with Gasteiger partial charge in [-0.25, -0.2) is 0 Å². The predicted molar refractivity (Wildman–Crippen MR) is 54.8 cm³/mol. The van der Waals surface area contributed by atoms with Crippen LogP contribution < -0.4 is 4.74 Å². The Labute approximate surface area is 85.3 Å². The molecule has 1 aromatic carbocycles. The highest BCUT2D eigenvalue weighted by molar-refractivity contribution is 5.92. The first-order valence-corrected chi connectivity index (χ1v) is 4.53. The molecule has 5 heteroatoms. The van der Waals surface area contributed by atoms with E-state index in [-0.39, 0.29) is 0 Å². The van der Waals surface area contributed by atoms with E-state index >= 15 is 0 Å². The number of methoxy groups -OCH3 is 1. The van der Waals surface area contributed by atoms with Crippen molar-refractivity contribution in [1.29, 1.82) is 0 Å². The number of hydrogen-bond acceptors (Lipinski definition) is 4. The van der Waals surface area contributed by atoms with E-state index in [4.69, 9.17) is 4.74 Å². The summed E-state index contributed by atoms with van der Waals surface area (Å²) in [6.45, 7) is 0. The van der Waals surface area contributed by atoms with Gasteiger partial charge in [0, 0.05) is 10.8 Å². The molecule has 0 atom stereocenters. The summed E-state index contributed by atoms with van der Waals surface area (Å²) in [5.41, 5.74) is 0.713. The Bertz CT molecular complexity index is 631. The van der Waals surface area contributed by atoms with Crippen LogP contribution in [0, 0.1) is 0 Å². The van der Waals surface area contributed by atoms with E-state index in [1.54, 1.807) is 17.8 Å². The fraction of sp³-hybridized carbons (Fsp3) is 0.100. The molecule has 0 fully saturated rings. The van der Waals surface area contributed by atoms with E-state index in [2.05, 4.69) is 15.3 Å². The second-order valence-electron chi connectivity index (χ2n) is 3.15. The third-order valence-electron chi connectivity index (χ3n) is 2.31. The molecule has 0 amide bonds. The molecule has 0 aliphatic heterocycles. The molecule has 0 saturated heterocycles. The molecule has 0 radical (unpaired) electrons. The van der Waals surface area contributed by atoms with Crippen LogP contribution in [0.15, 0.2) is 30.5 Å². The molecule has 0 unspecified atom stereocenters. The predicted octanol–water partition coefficient (Wildman–Crippen LogP) is 1.29. The maximum atomic E-state index is 5.04. The molecule has 2 heterocycles. The minimum absolute atomic E-state index is 0.399. The first-order valence-electron chi connectivity index (χ1n) is 4.53. The fourth-order valence-corrected chi connectivity index (χ4v) is 1.60. The van der Waals surface area contributed by atoms with Crippen LogP contribution in [-0.4, -0.2) is 26.9 Å². The molecule has 0 aliphatic rings. The third kappa shape index (κ3) is 1.06. The van der Waals surface area contributed by atoms with Crippen molar-refractivity contribution in [2.45, 2.75) is 0 Å². The molecule has 0 aliphatic carbocycles. The van der Waals surface area contributed by atoms with Gasteiger partial charge in [-0.2, -0.15) is 9.61 Å². The molecule has 5 nitrogen and oxygen atoms in total. The van der Waals surface area contributed by atoms with Gasteiger partial charge in [-0.1, -0.05) is 29.4 Å². The van der Waals surface area contributed by atoms with Crippen molar-refractivity contribution in [3.05, 3.63) is 30.5 Å². The molecule has 3 rings (SSSR count). The molecule has 0 saturated carbocycles. The van der Waals surface area contributed by atoms with E-state index in [0.717, 1.165) is 10.8 Å². The standard InChI is InChI=1S/C10H8N4O/c1-15-10-13-12-9-8-5-3-2-4-7(8)6-11-14(9)10/h2-6H,1H3. The van der Waals surface area contributed by atoms with Gasteiger partial charge >= 0.3 is 6.01 Å². The zero-order valence-corrected chi connectivity index (χ0v) is 8.08. The molecule has 15 heavy (non-hydrogen) atoms. The Morgan fingerprint density at radius 3 is 2.93 bits per heavy atom. The van der Waals surface area contributed by atoms with Crippen LogP contribution in [0.1, 0.15) is 0 Å². The van der Waals surface area contributed by atoms with Gasteiger partial charge in [0.05, 0.1) is 13.3 Å². The highest BCUT2D eigenvalue weighted by Crippen LogP contribution is 2.19. The summed E-state index contributed by atoms with van der Waals surface area (Å²) in [5, 5.41) is 14.2. The fourth-order valence-electron chi connectivity index (χ4n) is 1.60. The molecule has 3 aromatic rings. The summed E-state index contributed by atoms with van der Waals surface area (Å²) >= 11 is 0. The lowest BCUT2D eigenvalue weighted by Crippen LogP contribution is -1.95. The molecule has 74 valence electrons. The Morgan fingerprint density at radius 2 is 2.07 bits per heavy atom. The Kier molecular flexibility index (Phi) is 1.58. The summed E-state index contributed by atoms with van der Waals surface area (Å²) in [7, 11) is 1.55. The van der Waals surface area contributed by atoms with Gasteiger partial charge < -0.3 is 4.74 Å². The Morgan fingerprint density at radius 1 is 1.20 bits per heavy atom. The third-order valence-corrected chi connectivity index (χ3v) is 2.31. The van der Waals surface area contributed by atoms with Crippen molar-refractivity contribution in [1.82, 2.24) is 19.8 Å². The molecule has 0 N–H and O–H groups in total. The molecule has 2 aromatic heterocycles. The molecular weight excluding hydrogens is 192 g/mol. The van der Waals surface area contributed by atoms with Crippen molar-refractivity contribution in [3.63, 3.8) is 0 Å². The summed E-state index contributed by atoms with van der Waals surface area (Å²) in [4.78, 5) is 0. The highest BCUT2D eigenvalue weighted by atomic mass is 16.5. The summed E-state index contributed by atoms with van der Waals surface area (Å²) < 4.78 is 6.63. The van der Waals surface area contributed by atoms with Gasteiger partial charge in [0.15, 0.2) is 5.65 Å². The van der Waals surface area contributed by atoms with Crippen molar-refractivity contribution >= 4 is 16.4 Å². The normalized spacial score (nSPS) is 11.0. The van der Waals surface area contributed by atoms with Crippen molar-refractivity contribution < 1.29 is 4.74 Å². The molecule has 0 spiro atoms. The second kappa shape index (κ2) is 2.91. The number of aromatic nitrogens is 4. The number of benzene rings is 1. The molecular formula is C10H8N4O. The van der Waals surface area contributed by atoms with E-state index < -0.39 is 0 Å². The van der Waals surface area contributed by atoms with Crippen molar-refractivity contribution in [2.75, 3.05) is 7.11 Å². The summed E-state index contributed by atoms with van der Waals surface area (Å²) in [5.74, 6) is 0. The van der Waals surface area contributed by atoms with Crippen LogP contribution >= 0.6 is 0 Å². The van der Waals surface area contributed by atoms with Crippen LogP contribution in [-0.2, 0) is 0 Å². The summed E-state index contributed by atoms with van der Waals surface area (Å²) in [6.07, 6.45) is 1.77. The SMILES string of the molecule is COc1nnc2c3ccccc3cnn12. The smallest absolute Gasteiger partial charge is 0.338 e. The minimum atomic E-state index is 0.399. The number of hydrogen-bond donors (Lipinski definition) is 0. The lowest BCUT2D eigenvalue weighted by Gasteiger charge is -1.99. The van der Waals surface area contributed by atoms with Crippen LogP contribution in [0.4, 0.5) is 0 Å². The number of ether oxygens (including phenoxy) is 1. The highest BCUT2D eigenvalue weighted by Gasteiger charge is 2.08. The van der Waals surface area contributed by atoms with Crippen molar-refractivity contribution in [3.8, 4) is 6.01 Å². The van der Waals surface area contributed by atoms with E-state index in [0.29, 0.717) is 11.7 Å². The van der Waals surface area contributed by atoms with Gasteiger partial charge in [0.2, 0.25) is 0 Å². The zero-order chi connectivity index (χ0) is 10.3. The average Bonchev–Trinajstić information content (AvgIpc) is 2.72. The van der Waals surface area contributed by atoms with Crippen LogP contribution in [0.2, 0.25) is 0 Å². The largest absolute Gasteiger partial charge is 0.466 e. The van der Waals surface area contributed by atoms with Gasteiger partial charge in [-0.15, -0.1) is 5.10 Å². The minimum Gasteiger partial charge on any atom is -0.466 e. The topological polar surface area (TPSA) is 52.3 Å². The Balaban J connectivity index is 2.50. The summed E-state index contributed by atoms with van der Waals surface area (Å²) in [6, 6.07) is 8.30. The van der Waals surface area contributed by atoms with E-state index in [1.807, 2.05) is 24.3 Å². The number of rotatable bonds is 1.